The van der Waals surface area contributed by atoms with Gasteiger partial charge in [-0.1, -0.05) is 146 Å². The third kappa shape index (κ3) is 9.44. The Hall–Kier alpha value is -3.85. The molecule has 262 valence electrons. The van der Waals surface area contributed by atoms with Gasteiger partial charge in [0.05, 0.1) is 5.41 Å². The van der Waals surface area contributed by atoms with Crippen molar-refractivity contribution in [3.05, 3.63) is 108 Å². The third-order valence-corrected chi connectivity index (χ3v) is 10.8. The number of carbonyl (C=O) groups is 1. The minimum atomic E-state index is -0.511. The summed E-state index contributed by atoms with van der Waals surface area (Å²) >= 11 is 0. The van der Waals surface area contributed by atoms with Gasteiger partial charge in [-0.25, -0.2) is 0 Å². The zero-order chi connectivity index (χ0) is 35.5. The molecule has 0 aliphatic carbocycles. The van der Waals surface area contributed by atoms with Gasteiger partial charge in [0, 0.05) is 16.5 Å². The SMILES string of the molecule is CCCCCC(C)(CC)Oc1ccc(C(C)(C)c2ccc(OC(=O)C(C)(CC)CCCCC)c(-c3ccccc3)c2)cc1-c1ccccc1. The molecule has 4 aromatic carbocycles. The smallest absolute Gasteiger partial charge is 0.317 e. The van der Waals surface area contributed by atoms with Gasteiger partial charge < -0.3 is 9.47 Å². The van der Waals surface area contributed by atoms with Crippen LogP contribution in [0.1, 0.15) is 131 Å². The molecule has 3 heteroatoms. The predicted octanol–water partition coefficient (Wildman–Crippen LogP) is 13.4. The topological polar surface area (TPSA) is 35.5 Å². The minimum absolute atomic E-state index is 0.146. The lowest BCUT2D eigenvalue weighted by atomic mass is 9.76. The number of hydrogen-bond acceptors (Lipinski definition) is 3. The summed E-state index contributed by atoms with van der Waals surface area (Å²) in [7, 11) is 0. The van der Waals surface area contributed by atoms with Crippen LogP contribution in [0.4, 0.5) is 0 Å². The summed E-state index contributed by atoms with van der Waals surface area (Å²) in [6, 6.07) is 33.9. The van der Waals surface area contributed by atoms with Crippen LogP contribution in [0.3, 0.4) is 0 Å². The van der Waals surface area contributed by atoms with Gasteiger partial charge in [0.15, 0.2) is 0 Å². The van der Waals surface area contributed by atoms with Crippen molar-refractivity contribution in [2.24, 2.45) is 5.41 Å². The lowest BCUT2D eigenvalue weighted by Gasteiger charge is -2.32. The van der Waals surface area contributed by atoms with Crippen molar-refractivity contribution in [1.82, 2.24) is 0 Å². The molecule has 0 bridgehead atoms. The number of ether oxygens (including phenoxy) is 2. The summed E-state index contributed by atoms with van der Waals surface area (Å²) in [5, 5.41) is 0. The van der Waals surface area contributed by atoms with Gasteiger partial charge in [0.25, 0.3) is 0 Å². The second-order valence-electron chi connectivity index (χ2n) is 14.9. The average molecular weight is 661 g/mol. The van der Waals surface area contributed by atoms with Crippen LogP contribution in [0, 0.1) is 5.41 Å². The maximum absolute atomic E-state index is 13.7. The van der Waals surface area contributed by atoms with Gasteiger partial charge >= 0.3 is 5.97 Å². The van der Waals surface area contributed by atoms with Crippen molar-refractivity contribution in [3.63, 3.8) is 0 Å². The molecule has 0 radical (unpaired) electrons. The first-order valence-corrected chi connectivity index (χ1v) is 18.8. The molecule has 0 saturated heterocycles. The van der Waals surface area contributed by atoms with Gasteiger partial charge in [-0.05, 0) is 92.5 Å². The van der Waals surface area contributed by atoms with E-state index in [0.29, 0.717) is 5.75 Å². The molecule has 4 rings (SSSR count). The monoisotopic (exact) mass is 660 g/mol. The predicted molar refractivity (Wildman–Crippen MR) is 208 cm³/mol. The van der Waals surface area contributed by atoms with Crippen molar-refractivity contribution < 1.29 is 14.3 Å². The first-order valence-electron chi connectivity index (χ1n) is 18.8. The molecule has 0 saturated carbocycles. The number of esters is 1. The third-order valence-electron chi connectivity index (χ3n) is 10.8. The van der Waals surface area contributed by atoms with E-state index in [1.807, 2.05) is 24.3 Å². The van der Waals surface area contributed by atoms with Gasteiger partial charge in [-0.2, -0.15) is 0 Å². The molecular weight excluding hydrogens is 601 g/mol. The highest BCUT2D eigenvalue weighted by molar-refractivity contribution is 5.82. The van der Waals surface area contributed by atoms with E-state index in [1.165, 1.54) is 18.4 Å². The molecule has 0 amide bonds. The van der Waals surface area contributed by atoms with Crippen LogP contribution in [0.5, 0.6) is 11.5 Å². The zero-order valence-electron chi connectivity index (χ0n) is 31.5. The van der Waals surface area contributed by atoms with Crippen LogP contribution in [-0.4, -0.2) is 11.6 Å². The maximum atomic E-state index is 13.7. The highest BCUT2D eigenvalue weighted by Crippen LogP contribution is 2.43. The Morgan fingerprint density at radius 1 is 0.571 bits per heavy atom. The fourth-order valence-corrected chi connectivity index (χ4v) is 6.59. The van der Waals surface area contributed by atoms with Crippen molar-refractivity contribution >= 4 is 5.97 Å². The van der Waals surface area contributed by atoms with Gasteiger partial charge in [0.2, 0.25) is 0 Å². The van der Waals surface area contributed by atoms with E-state index in [-0.39, 0.29) is 17.0 Å². The van der Waals surface area contributed by atoms with Crippen LogP contribution in [-0.2, 0) is 10.2 Å². The summed E-state index contributed by atoms with van der Waals surface area (Å²) in [4.78, 5) is 13.7. The first-order chi connectivity index (χ1) is 23.5. The quantitative estimate of drug-likeness (QED) is 0.0605. The van der Waals surface area contributed by atoms with Crippen LogP contribution in [0.25, 0.3) is 22.3 Å². The Morgan fingerprint density at radius 2 is 1.06 bits per heavy atom. The molecule has 2 atom stereocenters. The largest absolute Gasteiger partial charge is 0.487 e. The summed E-state index contributed by atoms with van der Waals surface area (Å²) in [6.07, 6.45) is 10.4. The number of hydrogen-bond donors (Lipinski definition) is 0. The van der Waals surface area contributed by atoms with Crippen molar-refractivity contribution in [2.45, 2.75) is 131 Å². The van der Waals surface area contributed by atoms with Crippen LogP contribution in [0.15, 0.2) is 97.1 Å². The second kappa shape index (κ2) is 17.2. The van der Waals surface area contributed by atoms with Crippen molar-refractivity contribution in [2.75, 3.05) is 0 Å². The van der Waals surface area contributed by atoms with Crippen molar-refractivity contribution in [1.29, 1.82) is 0 Å². The van der Waals surface area contributed by atoms with Crippen LogP contribution < -0.4 is 9.47 Å². The number of rotatable bonds is 18. The number of benzene rings is 4. The molecule has 0 spiro atoms. The minimum Gasteiger partial charge on any atom is -0.487 e. The zero-order valence-corrected chi connectivity index (χ0v) is 31.5. The molecule has 0 aromatic heterocycles. The van der Waals surface area contributed by atoms with Crippen LogP contribution in [0.2, 0.25) is 0 Å². The molecule has 49 heavy (non-hydrogen) atoms. The molecule has 0 heterocycles. The molecule has 2 unspecified atom stereocenters. The van der Waals surface area contributed by atoms with E-state index in [9.17, 15) is 4.79 Å². The van der Waals surface area contributed by atoms with E-state index in [4.69, 9.17) is 9.47 Å². The Kier molecular flexibility index (Phi) is 13.3. The molecule has 0 N–H and O–H groups in total. The molecule has 3 nitrogen and oxygen atoms in total. The summed E-state index contributed by atoms with van der Waals surface area (Å²) in [6.45, 7) is 17.6. The van der Waals surface area contributed by atoms with Gasteiger partial charge in [-0.3, -0.25) is 4.79 Å². The molecule has 0 aliphatic heterocycles. The van der Waals surface area contributed by atoms with Gasteiger partial charge in [-0.15, -0.1) is 0 Å². The van der Waals surface area contributed by atoms with E-state index >= 15 is 0 Å². The lowest BCUT2D eigenvalue weighted by molar-refractivity contribution is -0.145. The lowest BCUT2D eigenvalue weighted by Crippen LogP contribution is -2.32. The normalized spacial score (nSPS) is 14.1. The van der Waals surface area contributed by atoms with Gasteiger partial charge in [0.1, 0.15) is 17.1 Å². The Labute approximate surface area is 297 Å². The Balaban J connectivity index is 1.75. The van der Waals surface area contributed by atoms with E-state index < -0.39 is 5.41 Å². The highest BCUT2D eigenvalue weighted by Gasteiger charge is 2.34. The van der Waals surface area contributed by atoms with E-state index in [2.05, 4.69) is 128 Å². The molecular formula is C46H60O3. The summed E-state index contributed by atoms with van der Waals surface area (Å²) in [5.41, 5.74) is 5.48. The average Bonchev–Trinajstić information content (AvgIpc) is 3.12. The first kappa shape index (κ1) is 38.0. The maximum Gasteiger partial charge on any atom is 0.317 e. The summed E-state index contributed by atoms with van der Waals surface area (Å²) in [5.74, 6) is 1.39. The summed E-state index contributed by atoms with van der Waals surface area (Å²) < 4.78 is 13.2. The van der Waals surface area contributed by atoms with E-state index in [0.717, 1.165) is 84.9 Å². The fraction of sp³-hybridized carbons (Fsp3) is 0.457. The highest BCUT2D eigenvalue weighted by atomic mass is 16.5. The van der Waals surface area contributed by atoms with E-state index in [1.54, 1.807) is 0 Å². The molecule has 0 fully saturated rings. The molecule has 4 aromatic rings. The van der Waals surface area contributed by atoms with Crippen LogP contribution >= 0.6 is 0 Å². The number of carbonyl (C=O) groups excluding carboxylic acids is 1. The number of unbranched alkanes of at least 4 members (excludes halogenated alkanes) is 4. The fourth-order valence-electron chi connectivity index (χ4n) is 6.59. The second-order valence-corrected chi connectivity index (χ2v) is 14.9. The standard InChI is InChI=1S/C46H60O3/c1-9-13-21-31-45(7,11-3)43(47)48-41-29-27-37(33-39(41)35-23-17-15-18-24-35)44(5,6)38-28-30-42(40(34-38)36-25-19-16-20-26-36)49-46(8,12-4)32-22-14-10-2/h15-20,23-30,33-34H,9-14,21-22,31-32H2,1-8H3. The Bertz CT molecular complexity index is 1620. The molecule has 0 aliphatic rings. The van der Waals surface area contributed by atoms with Crippen molar-refractivity contribution in [3.8, 4) is 33.8 Å². The Morgan fingerprint density at radius 3 is 1.55 bits per heavy atom.